The molecule has 6 heteroatoms. The summed E-state index contributed by atoms with van der Waals surface area (Å²) in [5.74, 6) is 0.685. The van der Waals surface area contributed by atoms with Crippen molar-refractivity contribution in [1.29, 1.82) is 0 Å². The zero-order chi connectivity index (χ0) is 16.3. The van der Waals surface area contributed by atoms with E-state index in [9.17, 15) is 12.8 Å². The highest BCUT2D eigenvalue weighted by molar-refractivity contribution is 7.91. The second-order valence-electron chi connectivity index (χ2n) is 6.70. The van der Waals surface area contributed by atoms with Crippen molar-refractivity contribution in [2.45, 2.75) is 32.0 Å². The van der Waals surface area contributed by atoms with E-state index in [2.05, 4.69) is 4.90 Å². The fraction of sp³-hybridized carbons (Fsp3) is 0.647. The predicted molar refractivity (Wildman–Crippen MR) is 87.4 cm³/mol. The maximum absolute atomic E-state index is 13.6. The molecular weight excluding hydrogens is 317 g/mol. The molecule has 0 saturated carbocycles. The van der Waals surface area contributed by atoms with Gasteiger partial charge in [0.05, 0.1) is 24.2 Å². The van der Waals surface area contributed by atoms with E-state index in [-0.39, 0.29) is 17.8 Å². The van der Waals surface area contributed by atoms with Crippen LogP contribution in [-0.4, -0.2) is 50.6 Å². The lowest BCUT2D eigenvalue weighted by Crippen LogP contribution is -2.42. The van der Waals surface area contributed by atoms with Crippen molar-refractivity contribution in [1.82, 2.24) is 4.90 Å². The summed E-state index contributed by atoms with van der Waals surface area (Å²) in [6.45, 7) is 2.93. The molecule has 0 aromatic heterocycles. The largest absolute Gasteiger partial charge is 0.372 e. The van der Waals surface area contributed by atoms with Gasteiger partial charge in [-0.05, 0) is 37.8 Å². The van der Waals surface area contributed by atoms with Gasteiger partial charge in [-0.25, -0.2) is 12.8 Å². The van der Waals surface area contributed by atoms with Crippen LogP contribution in [0, 0.1) is 11.7 Å². The molecule has 4 nitrogen and oxygen atoms in total. The van der Waals surface area contributed by atoms with Gasteiger partial charge in [-0.2, -0.15) is 0 Å². The minimum absolute atomic E-state index is 0.0985. The molecule has 2 fully saturated rings. The van der Waals surface area contributed by atoms with Crippen LogP contribution in [0.15, 0.2) is 24.3 Å². The number of likely N-dealkylation sites (tertiary alicyclic amines) is 1. The summed E-state index contributed by atoms with van der Waals surface area (Å²) in [5.41, 5.74) is 0.589. The fourth-order valence-corrected chi connectivity index (χ4v) is 5.37. The number of nitrogens with zero attached hydrogens (tertiary/aromatic N) is 1. The van der Waals surface area contributed by atoms with Gasteiger partial charge in [0.15, 0.2) is 9.84 Å². The molecule has 0 spiro atoms. The van der Waals surface area contributed by atoms with Gasteiger partial charge in [-0.15, -0.1) is 0 Å². The molecule has 3 rings (SSSR count). The Balaban J connectivity index is 1.48. The highest BCUT2D eigenvalue weighted by Crippen LogP contribution is 2.22. The van der Waals surface area contributed by atoms with Crippen LogP contribution in [0.3, 0.4) is 0 Å². The number of ether oxygens (including phenoxy) is 1. The number of sulfone groups is 1. The highest BCUT2D eigenvalue weighted by Gasteiger charge is 2.30. The SMILES string of the molecule is O=S1(=O)CCC(CN2CCC[C@H](OCc3ccccc3F)C2)C1. The molecule has 0 amide bonds. The summed E-state index contributed by atoms with van der Waals surface area (Å²) in [6.07, 6.45) is 2.90. The summed E-state index contributed by atoms with van der Waals surface area (Å²) < 4.78 is 42.6. The van der Waals surface area contributed by atoms with Crippen molar-refractivity contribution >= 4 is 9.84 Å². The van der Waals surface area contributed by atoms with E-state index in [4.69, 9.17) is 4.74 Å². The van der Waals surface area contributed by atoms with Crippen LogP contribution in [0.4, 0.5) is 4.39 Å². The van der Waals surface area contributed by atoms with Gasteiger partial charge in [-0.1, -0.05) is 18.2 Å². The van der Waals surface area contributed by atoms with E-state index in [0.29, 0.717) is 23.7 Å². The van der Waals surface area contributed by atoms with Gasteiger partial charge in [0.2, 0.25) is 0 Å². The Hall–Kier alpha value is -0.980. The maximum atomic E-state index is 13.6. The molecule has 2 heterocycles. The van der Waals surface area contributed by atoms with Crippen LogP contribution in [0.25, 0.3) is 0 Å². The molecule has 0 radical (unpaired) electrons. The molecule has 0 N–H and O–H groups in total. The summed E-state index contributed by atoms with van der Waals surface area (Å²) in [5, 5.41) is 0. The van der Waals surface area contributed by atoms with Gasteiger partial charge in [0.25, 0.3) is 0 Å². The van der Waals surface area contributed by atoms with Gasteiger partial charge in [0, 0.05) is 18.7 Å². The Bertz CT molecular complexity index is 634. The van der Waals surface area contributed by atoms with E-state index >= 15 is 0 Å². The van der Waals surface area contributed by atoms with Crippen LogP contribution in [0.1, 0.15) is 24.8 Å². The molecule has 2 saturated heterocycles. The topological polar surface area (TPSA) is 46.6 Å². The maximum Gasteiger partial charge on any atom is 0.150 e. The molecule has 2 aliphatic rings. The standard InChI is InChI=1S/C17H24FNO3S/c18-17-6-2-1-4-15(17)12-22-16-5-3-8-19(11-16)10-14-7-9-23(20,21)13-14/h1-2,4,6,14,16H,3,5,7-13H2/t14?,16-/m0/s1. The highest BCUT2D eigenvalue weighted by atomic mass is 32.2. The second-order valence-corrected chi connectivity index (χ2v) is 8.92. The van der Waals surface area contributed by atoms with Crippen LogP contribution in [-0.2, 0) is 21.2 Å². The first-order valence-electron chi connectivity index (χ1n) is 8.29. The third kappa shape index (κ3) is 4.75. The van der Waals surface area contributed by atoms with Crippen molar-refractivity contribution < 1.29 is 17.5 Å². The Morgan fingerprint density at radius 2 is 2.09 bits per heavy atom. The molecule has 1 aromatic rings. The van der Waals surface area contributed by atoms with Gasteiger partial charge in [0.1, 0.15) is 5.82 Å². The summed E-state index contributed by atoms with van der Waals surface area (Å²) in [7, 11) is -2.81. The minimum Gasteiger partial charge on any atom is -0.372 e. The Kier molecular flexibility index (Phi) is 5.34. The molecule has 128 valence electrons. The molecule has 2 atom stereocenters. The lowest BCUT2D eigenvalue weighted by Gasteiger charge is -2.34. The number of piperidine rings is 1. The lowest BCUT2D eigenvalue weighted by molar-refractivity contribution is -0.0136. The second kappa shape index (κ2) is 7.28. The summed E-state index contributed by atoms with van der Waals surface area (Å²) in [4.78, 5) is 2.31. The average Bonchev–Trinajstić information content (AvgIpc) is 2.86. The van der Waals surface area contributed by atoms with E-state index in [0.717, 1.165) is 38.9 Å². The third-order valence-electron chi connectivity index (χ3n) is 4.74. The molecule has 0 aliphatic carbocycles. The Morgan fingerprint density at radius 1 is 1.26 bits per heavy atom. The number of benzene rings is 1. The number of hydrogen-bond donors (Lipinski definition) is 0. The fourth-order valence-electron chi connectivity index (χ4n) is 3.52. The Morgan fingerprint density at radius 3 is 2.83 bits per heavy atom. The zero-order valence-electron chi connectivity index (χ0n) is 13.3. The van der Waals surface area contributed by atoms with Gasteiger partial charge in [-0.3, -0.25) is 0 Å². The van der Waals surface area contributed by atoms with Crippen molar-refractivity contribution in [3.05, 3.63) is 35.6 Å². The molecule has 23 heavy (non-hydrogen) atoms. The predicted octanol–water partition coefficient (Wildman–Crippen LogP) is 2.24. The third-order valence-corrected chi connectivity index (χ3v) is 6.57. The molecular formula is C17H24FNO3S. The van der Waals surface area contributed by atoms with E-state index < -0.39 is 9.84 Å². The first-order chi connectivity index (χ1) is 11.0. The molecule has 2 aliphatic heterocycles. The van der Waals surface area contributed by atoms with Crippen molar-refractivity contribution in [3.63, 3.8) is 0 Å². The van der Waals surface area contributed by atoms with E-state index in [1.54, 1.807) is 12.1 Å². The smallest absolute Gasteiger partial charge is 0.150 e. The van der Waals surface area contributed by atoms with E-state index in [1.807, 2.05) is 6.07 Å². The van der Waals surface area contributed by atoms with Gasteiger partial charge >= 0.3 is 0 Å². The van der Waals surface area contributed by atoms with Crippen LogP contribution >= 0.6 is 0 Å². The van der Waals surface area contributed by atoms with Crippen molar-refractivity contribution in [3.8, 4) is 0 Å². The van der Waals surface area contributed by atoms with Gasteiger partial charge < -0.3 is 9.64 Å². The first-order valence-corrected chi connectivity index (χ1v) is 10.1. The van der Waals surface area contributed by atoms with Crippen molar-refractivity contribution in [2.24, 2.45) is 5.92 Å². The van der Waals surface area contributed by atoms with Crippen LogP contribution < -0.4 is 0 Å². The number of hydrogen-bond acceptors (Lipinski definition) is 4. The van der Waals surface area contributed by atoms with Crippen molar-refractivity contribution in [2.75, 3.05) is 31.1 Å². The molecule has 1 unspecified atom stereocenters. The normalized spacial score (nSPS) is 28.0. The minimum atomic E-state index is -2.81. The monoisotopic (exact) mass is 341 g/mol. The molecule has 1 aromatic carbocycles. The van der Waals surface area contributed by atoms with E-state index in [1.165, 1.54) is 6.07 Å². The Labute approximate surface area is 137 Å². The lowest BCUT2D eigenvalue weighted by atomic mass is 10.0. The first kappa shape index (κ1) is 16.9. The zero-order valence-corrected chi connectivity index (χ0v) is 14.1. The quantitative estimate of drug-likeness (QED) is 0.824. The summed E-state index contributed by atoms with van der Waals surface area (Å²) >= 11 is 0. The number of halogens is 1. The van der Waals surface area contributed by atoms with Crippen LogP contribution in [0.5, 0.6) is 0 Å². The molecule has 0 bridgehead atoms. The average molecular weight is 341 g/mol. The van der Waals surface area contributed by atoms with Crippen LogP contribution in [0.2, 0.25) is 0 Å². The summed E-state index contributed by atoms with van der Waals surface area (Å²) in [6, 6.07) is 6.69. The number of rotatable bonds is 5.